The number of hydrogen-bond acceptors (Lipinski definition) is 2. The molecule has 0 saturated heterocycles. The zero-order valence-electron chi connectivity index (χ0n) is 13.6. The average molecular weight is 351 g/mol. The van der Waals surface area contributed by atoms with Crippen LogP contribution in [0.4, 0.5) is 4.79 Å². The molecule has 23 heavy (non-hydrogen) atoms. The molecule has 2 amide bonds. The highest BCUT2D eigenvalue weighted by atomic mass is 35.5. The topological polar surface area (TPSA) is 32.3 Å². The highest BCUT2D eigenvalue weighted by molar-refractivity contribution is 7.16. The van der Waals surface area contributed by atoms with Crippen molar-refractivity contribution in [2.24, 2.45) is 0 Å². The number of thiophene rings is 1. The first-order chi connectivity index (χ1) is 11.1. The summed E-state index contributed by atoms with van der Waals surface area (Å²) in [7, 11) is 0. The quantitative estimate of drug-likeness (QED) is 0.737. The van der Waals surface area contributed by atoms with Crippen LogP contribution >= 0.6 is 22.9 Å². The highest BCUT2D eigenvalue weighted by Gasteiger charge is 2.13. The number of hydrogen-bond donors (Lipinski definition) is 1. The Morgan fingerprint density at radius 1 is 1.26 bits per heavy atom. The van der Waals surface area contributed by atoms with Crippen LogP contribution in [0, 0.1) is 0 Å². The maximum atomic E-state index is 12.3. The number of rotatable bonds is 7. The van der Waals surface area contributed by atoms with Gasteiger partial charge in [-0.25, -0.2) is 4.79 Å². The van der Waals surface area contributed by atoms with Crippen LogP contribution in [0.1, 0.15) is 36.6 Å². The minimum absolute atomic E-state index is 0.0164. The summed E-state index contributed by atoms with van der Waals surface area (Å²) in [6.07, 6.45) is 0.929. The van der Waals surface area contributed by atoms with Gasteiger partial charge in [-0.15, -0.1) is 11.3 Å². The van der Waals surface area contributed by atoms with Gasteiger partial charge >= 0.3 is 6.03 Å². The van der Waals surface area contributed by atoms with Crippen molar-refractivity contribution in [1.82, 2.24) is 10.2 Å². The maximum absolute atomic E-state index is 12.3. The molecule has 3 nitrogen and oxygen atoms in total. The van der Waals surface area contributed by atoms with Gasteiger partial charge in [-0.1, -0.05) is 48.9 Å². The molecule has 1 unspecified atom stereocenters. The molecule has 0 bridgehead atoms. The van der Waals surface area contributed by atoms with E-state index in [-0.39, 0.29) is 6.03 Å². The number of carbonyl (C=O) groups is 1. The molecule has 5 heteroatoms. The Bertz CT molecular complexity index is 614. The first-order valence-electron chi connectivity index (χ1n) is 7.92. The lowest BCUT2D eigenvalue weighted by molar-refractivity contribution is 0.198. The van der Waals surface area contributed by atoms with Gasteiger partial charge in [0.25, 0.3) is 0 Å². The van der Waals surface area contributed by atoms with Crippen molar-refractivity contribution in [2.75, 3.05) is 13.1 Å². The minimum atomic E-state index is -0.0164. The van der Waals surface area contributed by atoms with E-state index in [1.54, 1.807) is 4.90 Å². The molecule has 1 aromatic heterocycles. The summed E-state index contributed by atoms with van der Waals surface area (Å²) in [5.41, 5.74) is 1.31. The number of benzene rings is 1. The lowest BCUT2D eigenvalue weighted by Crippen LogP contribution is -2.39. The molecular weight excluding hydrogens is 328 g/mol. The van der Waals surface area contributed by atoms with Gasteiger partial charge in [0.05, 0.1) is 10.9 Å². The molecular formula is C18H23ClN2OS. The van der Waals surface area contributed by atoms with Crippen LogP contribution in [-0.2, 0) is 6.54 Å². The van der Waals surface area contributed by atoms with E-state index in [0.29, 0.717) is 25.6 Å². The first kappa shape index (κ1) is 17.8. The fourth-order valence-electron chi connectivity index (χ4n) is 2.41. The zero-order chi connectivity index (χ0) is 16.7. The second-order valence-corrected chi connectivity index (χ2v) is 7.35. The van der Waals surface area contributed by atoms with Gasteiger partial charge < -0.3 is 10.2 Å². The summed E-state index contributed by atoms with van der Waals surface area (Å²) >= 11 is 7.46. The van der Waals surface area contributed by atoms with Crippen LogP contribution in [0.3, 0.4) is 0 Å². The van der Waals surface area contributed by atoms with E-state index < -0.39 is 0 Å². The average Bonchev–Trinajstić information content (AvgIpc) is 2.98. The van der Waals surface area contributed by atoms with Crippen molar-refractivity contribution < 1.29 is 4.79 Å². The van der Waals surface area contributed by atoms with Crippen molar-refractivity contribution in [3.63, 3.8) is 0 Å². The van der Waals surface area contributed by atoms with E-state index in [2.05, 4.69) is 36.5 Å². The number of nitrogens with one attached hydrogen (secondary N) is 1. The zero-order valence-corrected chi connectivity index (χ0v) is 15.2. The molecule has 0 fully saturated rings. The van der Waals surface area contributed by atoms with Crippen LogP contribution in [0.25, 0.3) is 0 Å². The summed E-state index contributed by atoms with van der Waals surface area (Å²) in [6, 6.07) is 14.2. The van der Waals surface area contributed by atoms with E-state index in [1.165, 1.54) is 16.9 Å². The van der Waals surface area contributed by atoms with Crippen LogP contribution in [0.5, 0.6) is 0 Å². The fraction of sp³-hybridized carbons (Fsp3) is 0.389. The number of carbonyl (C=O) groups excluding carboxylic acids is 1. The maximum Gasteiger partial charge on any atom is 0.317 e. The van der Waals surface area contributed by atoms with Gasteiger partial charge in [-0.3, -0.25) is 0 Å². The molecule has 124 valence electrons. The third kappa shape index (κ3) is 5.56. The van der Waals surface area contributed by atoms with Crippen LogP contribution in [-0.4, -0.2) is 24.0 Å². The summed E-state index contributed by atoms with van der Waals surface area (Å²) in [5, 5.41) is 3.02. The van der Waals surface area contributed by atoms with E-state index >= 15 is 0 Å². The Morgan fingerprint density at radius 3 is 2.61 bits per heavy atom. The largest absolute Gasteiger partial charge is 0.338 e. The van der Waals surface area contributed by atoms with Crippen molar-refractivity contribution in [1.29, 1.82) is 0 Å². The van der Waals surface area contributed by atoms with Crippen molar-refractivity contribution in [3.05, 3.63) is 57.2 Å². The van der Waals surface area contributed by atoms with Crippen molar-refractivity contribution in [3.8, 4) is 0 Å². The lowest BCUT2D eigenvalue weighted by atomic mass is 9.98. The van der Waals surface area contributed by atoms with Gasteiger partial charge in [-0.2, -0.15) is 0 Å². The summed E-state index contributed by atoms with van der Waals surface area (Å²) in [4.78, 5) is 15.2. The molecule has 2 aromatic rings. The third-order valence-corrected chi connectivity index (χ3v) is 5.08. The second-order valence-electron chi connectivity index (χ2n) is 5.55. The summed E-state index contributed by atoms with van der Waals surface area (Å²) in [5.74, 6) is 0.433. The number of urea groups is 1. The van der Waals surface area contributed by atoms with Gasteiger partial charge in [0.2, 0.25) is 0 Å². The molecule has 0 saturated carbocycles. The van der Waals surface area contributed by atoms with Gasteiger partial charge in [0.15, 0.2) is 0 Å². The normalized spacial score (nSPS) is 12.0. The Morgan fingerprint density at radius 2 is 2.00 bits per heavy atom. The Hall–Kier alpha value is -1.52. The number of nitrogens with zero attached hydrogens (tertiary/aromatic N) is 1. The molecule has 1 atom stereocenters. The highest BCUT2D eigenvalue weighted by Crippen LogP contribution is 2.22. The molecule has 0 radical (unpaired) electrons. The third-order valence-electron chi connectivity index (χ3n) is 3.87. The monoisotopic (exact) mass is 350 g/mol. The van der Waals surface area contributed by atoms with E-state index in [0.717, 1.165) is 15.6 Å². The van der Waals surface area contributed by atoms with Crippen LogP contribution in [0.15, 0.2) is 42.5 Å². The van der Waals surface area contributed by atoms with Gasteiger partial charge in [0.1, 0.15) is 0 Å². The first-order valence-corrected chi connectivity index (χ1v) is 9.11. The minimum Gasteiger partial charge on any atom is -0.338 e. The summed E-state index contributed by atoms with van der Waals surface area (Å²) in [6.45, 7) is 6.13. The summed E-state index contributed by atoms with van der Waals surface area (Å²) < 4.78 is 0.758. The van der Waals surface area contributed by atoms with Crippen LogP contribution < -0.4 is 5.32 Å². The van der Waals surface area contributed by atoms with E-state index in [9.17, 15) is 4.79 Å². The van der Waals surface area contributed by atoms with Gasteiger partial charge in [0, 0.05) is 18.0 Å². The number of amides is 2. The van der Waals surface area contributed by atoms with Gasteiger partial charge in [-0.05, 0) is 37.0 Å². The fourth-order valence-corrected chi connectivity index (χ4v) is 3.51. The smallest absolute Gasteiger partial charge is 0.317 e. The van der Waals surface area contributed by atoms with E-state index in [4.69, 9.17) is 11.6 Å². The SMILES string of the molecule is CCN(Cc1ccc(Cl)s1)C(=O)NCCC(C)c1ccccc1. The predicted octanol–water partition coefficient (Wildman–Crippen LogP) is 5.13. The second kappa shape index (κ2) is 8.94. The lowest BCUT2D eigenvalue weighted by Gasteiger charge is -2.21. The molecule has 2 rings (SSSR count). The van der Waals surface area contributed by atoms with Crippen LogP contribution in [0.2, 0.25) is 4.34 Å². The molecule has 0 spiro atoms. The molecule has 1 aromatic carbocycles. The Kier molecular flexibility index (Phi) is 6.93. The standard InChI is InChI=1S/C18H23ClN2OS/c1-3-21(13-16-9-10-17(19)23-16)18(22)20-12-11-14(2)15-7-5-4-6-8-15/h4-10,14H,3,11-13H2,1-2H3,(H,20,22). The van der Waals surface area contributed by atoms with Crippen molar-refractivity contribution >= 4 is 29.0 Å². The number of halogens is 1. The predicted molar refractivity (Wildman–Crippen MR) is 98.3 cm³/mol. The Balaban J connectivity index is 1.78. The molecule has 1 N–H and O–H groups in total. The Labute approximate surface area is 147 Å². The van der Waals surface area contributed by atoms with E-state index in [1.807, 2.05) is 25.1 Å². The molecule has 1 heterocycles. The van der Waals surface area contributed by atoms with Crippen molar-refractivity contribution in [2.45, 2.75) is 32.7 Å². The molecule has 0 aliphatic heterocycles. The molecule has 0 aliphatic carbocycles. The molecule has 0 aliphatic rings.